The first-order valence-corrected chi connectivity index (χ1v) is 12.5. The molecule has 0 bridgehead atoms. The molecule has 3 aliphatic rings. The summed E-state index contributed by atoms with van der Waals surface area (Å²) >= 11 is -2.30. The van der Waals surface area contributed by atoms with Gasteiger partial charge in [-0.05, 0) is 0 Å². The molecule has 0 aromatic heterocycles. The molecule has 0 saturated heterocycles. The molecule has 0 fully saturated rings. The zero-order valence-corrected chi connectivity index (χ0v) is 15.6. The molecule has 3 aliphatic carbocycles. The van der Waals surface area contributed by atoms with E-state index in [0.29, 0.717) is 5.45 Å². The van der Waals surface area contributed by atoms with E-state index in [4.69, 9.17) is 0 Å². The van der Waals surface area contributed by atoms with E-state index in [-0.39, 0.29) is 0 Å². The van der Waals surface area contributed by atoms with E-state index in [1.807, 2.05) is 0 Å². The molecule has 0 aliphatic heterocycles. The van der Waals surface area contributed by atoms with E-state index >= 15 is 0 Å². The normalized spacial score (nSPS) is 26.7. The number of hydrogen-bond donors (Lipinski definition) is 0. The van der Waals surface area contributed by atoms with Crippen molar-refractivity contribution in [1.29, 1.82) is 0 Å². The summed E-state index contributed by atoms with van der Waals surface area (Å²) in [5.41, 5.74) is 0. The predicted octanol–water partition coefficient (Wildman–Crippen LogP) is 5.52. The van der Waals surface area contributed by atoms with Crippen LogP contribution in [-0.2, 0) is 0 Å². The third kappa shape index (κ3) is 2.16. The quantitative estimate of drug-likeness (QED) is 0.608. The van der Waals surface area contributed by atoms with Crippen LogP contribution < -0.4 is 0 Å². The molecule has 0 unspecified atom stereocenters. The Hall–Kier alpha value is -0.365. The van der Waals surface area contributed by atoms with Gasteiger partial charge in [-0.3, -0.25) is 0 Å². The van der Waals surface area contributed by atoms with Crippen molar-refractivity contribution < 1.29 is 30.0 Å². The van der Waals surface area contributed by atoms with Crippen molar-refractivity contribution in [3.8, 4) is 0 Å². The minimum atomic E-state index is -2.30. The fourth-order valence-corrected chi connectivity index (χ4v) is 22.7. The van der Waals surface area contributed by atoms with Crippen molar-refractivity contribution in [3.63, 3.8) is 0 Å². The van der Waals surface area contributed by atoms with Crippen LogP contribution in [0.15, 0.2) is 72.9 Å². The maximum absolute atomic E-state index is 2.45. The van der Waals surface area contributed by atoms with Gasteiger partial charge in [-0.2, -0.15) is 0 Å². The monoisotopic (exact) mass is 376 g/mol. The van der Waals surface area contributed by atoms with Crippen LogP contribution in [-0.4, -0.2) is 0 Å². The molecular formula is C18H21La. The van der Waals surface area contributed by atoms with Crippen molar-refractivity contribution in [3.05, 3.63) is 72.9 Å². The standard InChI is InChI=1S/3C6H7.La/c3*1-6-4-2-3-5-6;/h3*2-5H,1H3;. The Morgan fingerprint density at radius 2 is 0.684 bits per heavy atom. The summed E-state index contributed by atoms with van der Waals surface area (Å²) in [5.74, 6) is 0. The van der Waals surface area contributed by atoms with Crippen LogP contribution in [0.3, 0.4) is 0 Å². The Morgan fingerprint density at radius 3 is 0.895 bits per heavy atom. The van der Waals surface area contributed by atoms with E-state index in [1.54, 1.807) is 0 Å². The molecule has 0 atom stereocenters. The van der Waals surface area contributed by atoms with Crippen LogP contribution in [0.25, 0.3) is 0 Å². The summed E-state index contributed by atoms with van der Waals surface area (Å²) in [4.78, 5) is 0. The maximum atomic E-state index is 2.45. The van der Waals surface area contributed by atoms with Gasteiger partial charge in [-0.1, -0.05) is 0 Å². The van der Waals surface area contributed by atoms with Gasteiger partial charge in [-0.25, -0.2) is 0 Å². The molecule has 96 valence electrons. The van der Waals surface area contributed by atoms with Crippen LogP contribution in [0, 0.1) is 30.0 Å². The van der Waals surface area contributed by atoms with Gasteiger partial charge in [0.25, 0.3) is 0 Å². The van der Waals surface area contributed by atoms with Crippen molar-refractivity contribution in [2.75, 3.05) is 0 Å². The van der Waals surface area contributed by atoms with Gasteiger partial charge in [-0.15, -0.1) is 0 Å². The molecule has 0 spiro atoms. The zero-order chi connectivity index (χ0) is 13.6. The van der Waals surface area contributed by atoms with Crippen LogP contribution >= 0.6 is 0 Å². The summed E-state index contributed by atoms with van der Waals surface area (Å²) in [6.07, 6.45) is 28.2. The first-order valence-electron chi connectivity index (χ1n) is 7.10. The Kier molecular flexibility index (Phi) is 3.28. The first-order chi connectivity index (χ1) is 8.99. The van der Waals surface area contributed by atoms with E-state index < -0.39 is 30.0 Å². The van der Waals surface area contributed by atoms with Crippen molar-refractivity contribution in [1.82, 2.24) is 0 Å². The average Bonchev–Trinajstić information content (AvgIpc) is 3.03. The summed E-state index contributed by atoms with van der Waals surface area (Å²) in [5, 5.41) is 0. The SMILES string of the molecule is C[C]1([La]([C]2(C)C=CC=C2)[C]2(C)C=CC=C2)C=CC=C1. The number of hydrogen-bond acceptors (Lipinski definition) is 0. The van der Waals surface area contributed by atoms with Crippen LogP contribution in [0.4, 0.5) is 0 Å². The predicted molar refractivity (Wildman–Crippen MR) is 79.9 cm³/mol. The van der Waals surface area contributed by atoms with Crippen LogP contribution in [0.1, 0.15) is 20.8 Å². The average molecular weight is 376 g/mol. The molecule has 0 heterocycles. The molecule has 0 nitrogen and oxygen atoms in total. The Morgan fingerprint density at radius 1 is 0.474 bits per heavy atom. The van der Waals surface area contributed by atoms with E-state index in [2.05, 4.69) is 93.7 Å². The van der Waals surface area contributed by atoms with Crippen molar-refractivity contribution in [2.24, 2.45) is 0 Å². The van der Waals surface area contributed by atoms with Gasteiger partial charge in [0.05, 0.1) is 0 Å². The zero-order valence-electron chi connectivity index (χ0n) is 12.0. The van der Waals surface area contributed by atoms with Gasteiger partial charge in [0.2, 0.25) is 0 Å². The Bertz CT molecular complexity index is 437. The van der Waals surface area contributed by atoms with Gasteiger partial charge >= 0.3 is 129 Å². The molecule has 0 aromatic rings. The van der Waals surface area contributed by atoms with Crippen LogP contribution in [0.2, 0.25) is 5.45 Å². The van der Waals surface area contributed by atoms with E-state index in [9.17, 15) is 0 Å². The molecular weight excluding hydrogens is 355 g/mol. The van der Waals surface area contributed by atoms with Crippen molar-refractivity contribution in [2.45, 2.75) is 26.2 Å². The molecule has 1 heteroatoms. The van der Waals surface area contributed by atoms with Gasteiger partial charge in [0, 0.05) is 0 Å². The van der Waals surface area contributed by atoms with E-state index in [0.717, 1.165) is 0 Å². The fourth-order valence-electron chi connectivity index (χ4n) is 4.33. The summed E-state index contributed by atoms with van der Waals surface area (Å²) in [6.45, 7) is 7.36. The second-order valence-electron chi connectivity index (χ2n) is 6.69. The number of rotatable bonds is 3. The second-order valence-corrected chi connectivity index (χ2v) is 21.1. The molecule has 0 radical (unpaired) electrons. The second kappa shape index (κ2) is 4.58. The van der Waals surface area contributed by atoms with Gasteiger partial charge in [0.15, 0.2) is 0 Å². The van der Waals surface area contributed by atoms with Gasteiger partial charge < -0.3 is 0 Å². The fraction of sp³-hybridized carbons (Fsp3) is 0.333. The Balaban J connectivity index is 2.12. The number of allylic oxidation sites excluding steroid dienone is 12. The summed E-state index contributed by atoms with van der Waals surface area (Å²) in [6, 6.07) is 0. The molecule has 0 N–H and O–H groups in total. The first kappa shape index (κ1) is 13.6. The molecule has 0 aromatic carbocycles. The topological polar surface area (TPSA) is 0 Å². The molecule has 0 saturated carbocycles. The van der Waals surface area contributed by atoms with Crippen LogP contribution in [0.5, 0.6) is 0 Å². The molecule has 19 heavy (non-hydrogen) atoms. The third-order valence-electron chi connectivity index (χ3n) is 4.93. The summed E-state index contributed by atoms with van der Waals surface area (Å²) in [7, 11) is 0. The summed E-state index contributed by atoms with van der Waals surface area (Å²) < 4.78 is 0.963. The molecule has 0 amide bonds. The van der Waals surface area contributed by atoms with Gasteiger partial charge in [0.1, 0.15) is 0 Å². The Labute approximate surface area is 128 Å². The third-order valence-corrected chi connectivity index (χ3v) is 20.3. The minimum absolute atomic E-state index is 0.321. The molecule has 3 rings (SSSR count). The van der Waals surface area contributed by atoms with Crippen molar-refractivity contribution >= 4 is 0 Å². The van der Waals surface area contributed by atoms with E-state index in [1.165, 1.54) is 0 Å².